The molecule has 0 heterocycles. The minimum Gasteiger partial charge on any atom is -0.387 e. The Kier molecular flexibility index (Phi) is 35.7. The molecule has 0 saturated carbocycles. The zero-order valence-electron chi connectivity index (χ0n) is 35.6. The van der Waals surface area contributed by atoms with Crippen LogP contribution in [0.15, 0.2) is 85.1 Å². The second-order valence-corrected chi connectivity index (χ2v) is 16.8. The number of aliphatic hydroxyl groups excluding tert-OH is 1. The quantitative estimate of drug-likeness (QED) is 0.0251. The summed E-state index contributed by atoms with van der Waals surface area (Å²) in [6, 6.07) is -0.877. The van der Waals surface area contributed by atoms with Gasteiger partial charge in [0.1, 0.15) is 13.2 Å². The van der Waals surface area contributed by atoms with E-state index in [1.165, 1.54) is 38.5 Å². The second kappa shape index (κ2) is 37.3. The molecule has 0 saturated heterocycles. The molecule has 9 heteroatoms. The summed E-state index contributed by atoms with van der Waals surface area (Å²) in [5.74, 6) is -0.206. The average Bonchev–Trinajstić information content (AvgIpc) is 3.13. The number of phosphoric acid groups is 1. The van der Waals surface area contributed by atoms with Crippen molar-refractivity contribution in [1.82, 2.24) is 5.32 Å². The maximum Gasteiger partial charge on any atom is 0.472 e. The lowest BCUT2D eigenvalue weighted by Crippen LogP contribution is -2.45. The molecule has 55 heavy (non-hydrogen) atoms. The van der Waals surface area contributed by atoms with E-state index < -0.39 is 20.0 Å². The molecular formula is C46H82N2O6P+. The van der Waals surface area contributed by atoms with Crippen LogP contribution in [0.5, 0.6) is 0 Å². The third-order valence-corrected chi connectivity index (χ3v) is 9.81. The van der Waals surface area contributed by atoms with E-state index in [1.807, 2.05) is 27.2 Å². The van der Waals surface area contributed by atoms with Crippen LogP contribution in [0, 0.1) is 0 Å². The third-order valence-electron chi connectivity index (χ3n) is 8.83. The van der Waals surface area contributed by atoms with Gasteiger partial charge in [0.15, 0.2) is 0 Å². The molecule has 316 valence electrons. The van der Waals surface area contributed by atoms with Crippen molar-refractivity contribution in [1.29, 1.82) is 0 Å². The number of allylic oxidation sites excluding steroid dienone is 13. The number of carbonyl (C=O) groups is 1. The largest absolute Gasteiger partial charge is 0.472 e. The first-order valence-electron chi connectivity index (χ1n) is 21.5. The van der Waals surface area contributed by atoms with Crippen LogP contribution in [0.2, 0.25) is 0 Å². The minimum atomic E-state index is -4.35. The Morgan fingerprint density at radius 3 is 1.67 bits per heavy atom. The highest BCUT2D eigenvalue weighted by molar-refractivity contribution is 7.47. The van der Waals surface area contributed by atoms with Crippen LogP contribution in [-0.2, 0) is 18.4 Å². The number of rotatable bonds is 37. The predicted octanol–water partition coefficient (Wildman–Crippen LogP) is 11.8. The van der Waals surface area contributed by atoms with E-state index in [4.69, 9.17) is 9.05 Å². The SMILES string of the molecule is CC/C=C\C/C=C\C/C=C\C/C=C\CCCCCCCCCCC(=O)NC(COP(=O)(O)OCC[N+](C)(C)C)C(O)/C=C/CC/C=C/CC/C=C/CCCC. The van der Waals surface area contributed by atoms with Crippen LogP contribution in [0.3, 0.4) is 0 Å². The lowest BCUT2D eigenvalue weighted by molar-refractivity contribution is -0.870. The van der Waals surface area contributed by atoms with E-state index in [2.05, 4.69) is 92.1 Å². The van der Waals surface area contributed by atoms with Gasteiger partial charge in [-0.3, -0.25) is 13.8 Å². The number of likely N-dealkylation sites (N-methyl/N-ethyl adjacent to an activating group) is 1. The fraction of sp³-hybridized carbons (Fsp3) is 0.674. The second-order valence-electron chi connectivity index (χ2n) is 15.3. The standard InChI is InChI=1S/C46H81N2O6P/c1-6-8-10-12-14-16-18-20-21-22-23-24-25-26-27-28-30-32-34-36-38-40-46(50)47-44(43-54-55(51,52)53-42-41-48(3,4)5)45(49)39-37-35-33-31-29-19-17-15-13-11-9-7-2/h8,10,13-16,20-21,23-24,29,31,37,39,44-45,49H,6-7,9,11-12,17-19,22,25-28,30,32-36,38,40-43H2,1-5H3,(H-,47,50,51,52)/p+1/b10-8-,15-13+,16-14-,21-20-,24-23-,31-29+,39-37+. The molecule has 0 aromatic rings. The van der Waals surface area contributed by atoms with Gasteiger partial charge in [-0.2, -0.15) is 0 Å². The van der Waals surface area contributed by atoms with Gasteiger partial charge in [0.25, 0.3) is 0 Å². The molecule has 8 nitrogen and oxygen atoms in total. The zero-order valence-corrected chi connectivity index (χ0v) is 36.5. The lowest BCUT2D eigenvalue weighted by Gasteiger charge is -2.25. The first-order chi connectivity index (χ1) is 26.5. The number of carbonyl (C=O) groups excluding carboxylic acids is 1. The number of aliphatic hydroxyl groups is 1. The van der Waals surface area contributed by atoms with Gasteiger partial charge in [-0.1, -0.05) is 150 Å². The number of quaternary nitrogens is 1. The molecule has 0 spiro atoms. The van der Waals surface area contributed by atoms with E-state index in [-0.39, 0.29) is 19.1 Å². The molecule has 0 fully saturated rings. The molecule has 3 N–H and O–H groups in total. The van der Waals surface area contributed by atoms with E-state index in [9.17, 15) is 19.4 Å². The number of nitrogens with zero attached hydrogens (tertiary/aromatic N) is 1. The molecule has 0 aromatic heterocycles. The van der Waals surface area contributed by atoms with Crippen molar-refractivity contribution in [2.75, 3.05) is 40.9 Å². The van der Waals surface area contributed by atoms with E-state index in [0.29, 0.717) is 17.4 Å². The Hall–Kier alpha value is -2.32. The molecule has 3 unspecified atom stereocenters. The van der Waals surface area contributed by atoms with Crippen LogP contribution in [0.25, 0.3) is 0 Å². The van der Waals surface area contributed by atoms with E-state index >= 15 is 0 Å². The van der Waals surface area contributed by atoms with E-state index in [1.54, 1.807) is 6.08 Å². The minimum absolute atomic E-state index is 0.0471. The number of unbranched alkanes of at least 4 members (excludes halogenated alkanes) is 12. The molecule has 0 rings (SSSR count). The van der Waals surface area contributed by atoms with Crippen molar-refractivity contribution in [3.8, 4) is 0 Å². The molecule has 0 aliphatic carbocycles. The lowest BCUT2D eigenvalue weighted by atomic mass is 10.1. The predicted molar refractivity (Wildman–Crippen MR) is 235 cm³/mol. The maximum absolute atomic E-state index is 12.8. The summed E-state index contributed by atoms with van der Waals surface area (Å²) in [5, 5.41) is 13.7. The summed E-state index contributed by atoms with van der Waals surface area (Å²) in [6.07, 6.45) is 50.8. The molecule has 0 aliphatic heterocycles. The molecule has 1 amide bonds. The molecule has 0 radical (unpaired) electrons. The van der Waals surface area contributed by atoms with Gasteiger partial charge < -0.3 is 19.8 Å². The smallest absolute Gasteiger partial charge is 0.387 e. The topological polar surface area (TPSA) is 105 Å². The van der Waals surface area contributed by atoms with Gasteiger partial charge in [0.05, 0.1) is 39.9 Å². The Labute approximate surface area is 337 Å². The molecular weight excluding hydrogens is 707 g/mol. The normalized spacial score (nSPS) is 15.3. The summed E-state index contributed by atoms with van der Waals surface area (Å²) >= 11 is 0. The fourth-order valence-electron chi connectivity index (χ4n) is 5.40. The van der Waals surface area contributed by atoms with Crippen molar-refractivity contribution in [3.63, 3.8) is 0 Å². The van der Waals surface area contributed by atoms with Crippen LogP contribution in [-0.4, -0.2) is 73.4 Å². The van der Waals surface area contributed by atoms with Crippen molar-refractivity contribution >= 4 is 13.7 Å². The fourth-order valence-corrected chi connectivity index (χ4v) is 6.14. The monoisotopic (exact) mass is 790 g/mol. The van der Waals surface area contributed by atoms with Gasteiger partial charge in [-0.15, -0.1) is 0 Å². The van der Waals surface area contributed by atoms with Gasteiger partial charge in [-0.05, 0) is 77.0 Å². The van der Waals surface area contributed by atoms with E-state index in [0.717, 1.165) is 89.9 Å². The van der Waals surface area contributed by atoms with Gasteiger partial charge in [0, 0.05) is 6.42 Å². The van der Waals surface area contributed by atoms with Crippen molar-refractivity contribution in [2.45, 2.75) is 161 Å². The Balaban J connectivity index is 4.45. The van der Waals surface area contributed by atoms with Crippen molar-refractivity contribution < 1.29 is 32.9 Å². The van der Waals surface area contributed by atoms with Crippen LogP contribution in [0.1, 0.15) is 149 Å². The molecule has 0 aliphatic rings. The highest BCUT2D eigenvalue weighted by Crippen LogP contribution is 2.43. The Morgan fingerprint density at radius 2 is 1.11 bits per heavy atom. The number of phosphoric ester groups is 1. The average molecular weight is 790 g/mol. The first kappa shape index (κ1) is 52.7. The molecule has 3 atom stereocenters. The highest BCUT2D eigenvalue weighted by Gasteiger charge is 2.27. The third kappa shape index (κ3) is 39.7. The van der Waals surface area contributed by atoms with Crippen molar-refractivity contribution in [3.05, 3.63) is 85.1 Å². The summed E-state index contributed by atoms with van der Waals surface area (Å²) in [7, 11) is 1.52. The summed E-state index contributed by atoms with van der Waals surface area (Å²) in [5.41, 5.74) is 0. The molecule has 0 aromatic carbocycles. The number of nitrogens with one attached hydrogen (secondary N) is 1. The van der Waals surface area contributed by atoms with Crippen LogP contribution in [0.4, 0.5) is 0 Å². The summed E-state index contributed by atoms with van der Waals surface area (Å²) in [4.78, 5) is 23.1. The maximum atomic E-state index is 12.8. The number of amides is 1. The molecule has 0 bridgehead atoms. The van der Waals surface area contributed by atoms with Gasteiger partial charge in [-0.25, -0.2) is 4.57 Å². The highest BCUT2D eigenvalue weighted by atomic mass is 31.2. The Morgan fingerprint density at radius 1 is 0.636 bits per heavy atom. The van der Waals surface area contributed by atoms with Gasteiger partial charge in [0.2, 0.25) is 5.91 Å². The zero-order chi connectivity index (χ0) is 40.7. The van der Waals surface area contributed by atoms with Crippen molar-refractivity contribution in [2.24, 2.45) is 0 Å². The Bertz CT molecular complexity index is 1170. The van der Waals surface area contributed by atoms with Gasteiger partial charge >= 0.3 is 7.82 Å². The van der Waals surface area contributed by atoms with Crippen LogP contribution >= 0.6 is 7.82 Å². The first-order valence-corrected chi connectivity index (χ1v) is 23.0. The van der Waals surface area contributed by atoms with Crippen LogP contribution < -0.4 is 5.32 Å². The number of hydrogen-bond donors (Lipinski definition) is 3. The number of hydrogen-bond acceptors (Lipinski definition) is 5. The summed E-state index contributed by atoms with van der Waals surface area (Å²) in [6.45, 7) is 4.58. The summed E-state index contributed by atoms with van der Waals surface area (Å²) < 4.78 is 23.5.